The predicted molar refractivity (Wildman–Crippen MR) is 131 cm³/mol. The molecule has 3 aromatic rings. The van der Waals surface area contributed by atoms with E-state index in [2.05, 4.69) is 30.7 Å². The molecule has 216 valence electrons. The van der Waals surface area contributed by atoms with E-state index in [1.807, 2.05) is 0 Å². The quantitative estimate of drug-likeness (QED) is 0.383. The van der Waals surface area contributed by atoms with Gasteiger partial charge in [-0.15, -0.1) is 5.10 Å². The molecule has 2 amide bonds. The maximum Gasteiger partial charge on any atom is 0.453 e. The molecule has 2 unspecified atom stereocenters. The lowest BCUT2D eigenvalue weighted by molar-refractivity contribution is -0.150. The Morgan fingerprint density at radius 2 is 1.73 bits per heavy atom. The van der Waals surface area contributed by atoms with Crippen molar-refractivity contribution >= 4 is 28.3 Å². The van der Waals surface area contributed by atoms with Crippen LogP contribution in [0.5, 0.6) is 0 Å². The summed E-state index contributed by atoms with van der Waals surface area (Å²) in [7, 11) is -1.16. The number of anilines is 1. The van der Waals surface area contributed by atoms with Crippen LogP contribution in [-0.4, -0.2) is 58.8 Å². The van der Waals surface area contributed by atoms with Crippen LogP contribution in [0.3, 0.4) is 0 Å². The molecule has 0 spiro atoms. The molecule has 0 aliphatic carbocycles. The van der Waals surface area contributed by atoms with Gasteiger partial charge in [-0.3, -0.25) is 13.8 Å². The zero-order valence-corrected chi connectivity index (χ0v) is 22.3. The summed E-state index contributed by atoms with van der Waals surface area (Å²) in [5.74, 6) is -5.23. The van der Waals surface area contributed by atoms with Crippen molar-refractivity contribution in [1.82, 2.24) is 30.0 Å². The molecule has 2 aromatic heterocycles. The van der Waals surface area contributed by atoms with Crippen LogP contribution >= 0.6 is 0 Å². The van der Waals surface area contributed by atoms with Crippen molar-refractivity contribution < 1.29 is 40.1 Å². The molecule has 1 aromatic carbocycles. The highest BCUT2D eigenvalue weighted by atomic mass is 32.2. The minimum Gasteiger partial charge on any atom is -0.349 e. The monoisotopic (exact) mass is 591 g/mol. The summed E-state index contributed by atoms with van der Waals surface area (Å²) in [6.07, 6.45) is -7.86. The molecule has 40 heavy (non-hydrogen) atoms. The predicted octanol–water partition coefficient (Wildman–Crippen LogP) is 3.52. The van der Waals surface area contributed by atoms with Crippen molar-refractivity contribution in [2.75, 3.05) is 17.3 Å². The minimum absolute atomic E-state index is 0.00256. The molecule has 3 rings (SSSR count). The highest BCUT2D eigenvalue weighted by molar-refractivity contribution is 7.84. The van der Waals surface area contributed by atoms with Crippen molar-refractivity contribution in [2.24, 2.45) is 0 Å². The van der Waals surface area contributed by atoms with E-state index < -0.39 is 59.2 Å². The summed E-state index contributed by atoms with van der Waals surface area (Å²) in [5, 5.41) is 8.13. The lowest BCUT2D eigenvalue weighted by atomic mass is 10.00. The van der Waals surface area contributed by atoms with Gasteiger partial charge in [0, 0.05) is 28.9 Å². The van der Waals surface area contributed by atoms with Gasteiger partial charge in [-0.05, 0) is 32.4 Å². The first-order chi connectivity index (χ1) is 18.5. The lowest BCUT2D eigenvalue weighted by Crippen LogP contribution is -2.37. The van der Waals surface area contributed by atoms with Crippen LogP contribution in [0.1, 0.15) is 56.4 Å². The maximum atomic E-state index is 13.2. The number of rotatable bonds is 8. The number of nitrogens with zero attached hydrogens (tertiary/aromatic N) is 5. The van der Waals surface area contributed by atoms with Gasteiger partial charge in [0.25, 0.3) is 17.6 Å². The van der Waals surface area contributed by atoms with E-state index in [9.17, 15) is 40.1 Å². The third-order valence-electron chi connectivity index (χ3n) is 5.35. The van der Waals surface area contributed by atoms with Crippen LogP contribution in [0.15, 0.2) is 24.4 Å². The Morgan fingerprint density at radius 3 is 2.30 bits per heavy atom. The Labute approximate surface area is 226 Å². The first-order valence-corrected chi connectivity index (χ1v) is 13.1. The number of aryl methyl sites for hydroxylation is 2. The van der Waals surface area contributed by atoms with Crippen molar-refractivity contribution in [2.45, 2.75) is 45.7 Å². The van der Waals surface area contributed by atoms with Crippen LogP contribution in [0.2, 0.25) is 0 Å². The topological polar surface area (TPSA) is 132 Å². The van der Waals surface area contributed by atoms with Crippen molar-refractivity contribution in [3.63, 3.8) is 0 Å². The van der Waals surface area contributed by atoms with E-state index in [-0.39, 0.29) is 38.8 Å². The molecular weight excluding hydrogens is 568 g/mol. The Morgan fingerprint density at radius 1 is 1.05 bits per heavy atom. The number of hydrogen-bond donors (Lipinski definition) is 2. The largest absolute Gasteiger partial charge is 0.453 e. The Bertz CT molecular complexity index is 1460. The van der Waals surface area contributed by atoms with E-state index in [0.717, 1.165) is 6.20 Å². The molecule has 0 bridgehead atoms. The molecule has 0 fully saturated rings. The van der Waals surface area contributed by atoms with Gasteiger partial charge < -0.3 is 10.6 Å². The normalized spacial score (nSPS) is 13.6. The number of hydrogen-bond acceptors (Lipinski definition) is 7. The average Bonchev–Trinajstić information content (AvgIpc) is 3.25. The molecule has 0 radical (unpaired) electrons. The van der Waals surface area contributed by atoms with Gasteiger partial charge in [-0.2, -0.15) is 31.3 Å². The Kier molecular flexibility index (Phi) is 8.96. The first kappa shape index (κ1) is 30.6. The summed E-state index contributed by atoms with van der Waals surface area (Å²) in [4.78, 5) is 36.4. The van der Waals surface area contributed by atoms with E-state index in [4.69, 9.17) is 0 Å². The summed E-state index contributed by atoms with van der Waals surface area (Å²) in [6, 6.07) is 4.16. The Hall–Kier alpha value is -3.89. The SMILES string of the molecule is Cc1cccc(C(=O)Nc2cnc(Cn3nc(C(F)(F)F)nc3C(F)(F)F)nc2C)c1C(=O)NC(C)CS(C)=O. The lowest BCUT2D eigenvalue weighted by Gasteiger charge is -2.17. The average molecular weight is 592 g/mol. The maximum absolute atomic E-state index is 13.2. The fourth-order valence-electron chi connectivity index (χ4n) is 3.67. The second-order valence-electron chi connectivity index (χ2n) is 8.76. The number of benzene rings is 1. The van der Waals surface area contributed by atoms with Crippen molar-refractivity contribution in [3.05, 3.63) is 64.3 Å². The number of amides is 2. The highest BCUT2D eigenvalue weighted by Crippen LogP contribution is 2.32. The number of halogens is 6. The molecular formula is C23H23F6N7O3S. The second kappa shape index (κ2) is 11.7. The number of carbonyl (C=O) groups is 2. The molecule has 2 heterocycles. The molecule has 2 atom stereocenters. The molecule has 0 saturated heterocycles. The molecule has 0 saturated carbocycles. The fourth-order valence-corrected chi connectivity index (χ4v) is 4.46. The summed E-state index contributed by atoms with van der Waals surface area (Å²) < 4.78 is 89.8. The van der Waals surface area contributed by atoms with Crippen LogP contribution in [0.4, 0.5) is 32.0 Å². The zero-order chi connectivity index (χ0) is 30.0. The third-order valence-corrected chi connectivity index (χ3v) is 6.32. The van der Waals surface area contributed by atoms with Gasteiger partial charge in [0.1, 0.15) is 12.4 Å². The molecule has 0 aliphatic heterocycles. The molecule has 17 heteroatoms. The van der Waals surface area contributed by atoms with Gasteiger partial charge in [0.2, 0.25) is 5.82 Å². The summed E-state index contributed by atoms with van der Waals surface area (Å²) >= 11 is 0. The van der Waals surface area contributed by atoms with Gasteiger partial charge in [0.05, 0.1) is 28.7 Å². The van der Waals surface area contributed by atoms with Crippen molar-refractivity contribution in [3.8, 4) is 0 Å². The Balaban J connectivity index is 1.84. The number of nitrogens with one attached hydrogen (secondary N) is 2. The third kappa shape index (κ3) is 7.40. The van der Waals surface area contributed by atoms with E-state index in [0.29, 0.717) is 5.56 Å². The zero-order valence-electron chi connectivity index (χ0n) is 21.4. The van der Waals surface area contributed by atoms with Gasteiger partial charge in [-0.25, -0.2) is 14.6 Å². The van der Waals surface area contributed by atoms with Gasteiger partial charge >= 0.3 is 12.4 Å². The number of alkyl halides is 6. The van der Waals surface area contributed by atoms with Crippen LogP contribution < -0.4 is 10.6 Å². The summed E-state index contributed by atoms with van der Waals surface area (Å²) in [6.45, 7) is 3.81. The van der Waals surface area contributed by atoms with E-state index >= 15 is 0 Å². The molecule has 2 N–H and O–H groups in total. The molecule has 10 nitrogen and oxygen atoms in total. The smallest absolute Gasteiger partial charge is 0.349 e. The number of aromatic nitrogens is 5. The van der Waals surface area contributed by atoms with Crippen LogP contribution in [0, 0.1) is 13.8 Å². The summed E-state index contributed by atoms with van der Waals surface area (Å²) in [5.41, 5.74) is 0.700. The number of carbonyl (C=O) groups excluding carboxylic acids is 2. The van der Waals surface area contributed by atoms with Gasteiger partial charge in [0.15, 0.2) is 0 Å². The van der Waals surface area contributed by atoms with E-state index in [1.54, 1.807) is 26.0 Å². The molecule has 0 aliphatic rings. The van der Waals surface area contributed by atoms with Crippen molar-refractivity contribution in [1.29, 1.82) is 0 Å². The minimum atomic E-state index is -5.22. The van der Waals surface area contributed by atoms with Crippen LogP contribution in [-0.2, 0) is 29.7 Å². The van der Waals surface area contributed by atoms with Gasteiger partial charge in [-0.1, -0.05) is 12.1 Å². The first-order valence-electron chi connectivity index (χ1n) is 11.4. The fraction of sp³-hybridized carbons (Fsp3) is 0.391. The second-order valence-corrected chi connectivity index (χ2v) is 10.2. The van der Waals surface area contributed by atoms with Crippen LogP contribution in [0.25, 0.3) is 0 Å². The van der Waals surface area contributed by atoms with E-state index in [1.165, 1.54) is 19.2 Å². The highest BCUT2D eigenvalue weighted by Gasteiger charge is 2.44. The standard InChI is InChI=1S/C23H23F6N7O3S/c1-11-6-5-7-14(17(11)19(38)31-12(2)10-40(4)39)18(37)33-15-8-30-16(32-13(15)3)9-36-21(23(27,28)29)34-20(35-36)22(24,25)26/h5-8,12H,9-10H2,1-4H3,(H,31,38)(H,33,37).